The van der Waals surface area contributed by atoms with Gasteiger partial charge in [-0.1, -0.05) is 48.0 Å². The number of aryl methyl sites for hydroxylation is 1. The second-order valence-electron chi connectivity index (χ2n) is 10.3. The van der Waals surface area contributed by atoms with Gasteiger partial charge in [-0.3, -0.25) is 9.59 Å². The fourth-order valence-electron chi connectivity index (χ4n) is 5.56. The van der Waals surface area contributed by atoms with E-state index < -0.39 is 49.8 Å². The Morgan fingerprint density at radius 2 is 1.67 bits per heavy atom. The summed E-state index contributed by atoms with van der Waals surface area (Å²) in [6.45, 7) is 1.89. The number of fused-ring (bicyclic) bond motifs is 2. The lowest BCUT2D eigenvalue weighted by molar-refractivity contribution is -0.121. The molecular weight excluding hydrogens is 576 g/mol. The number of allylic oxidation sites excluding steroid dienone is 1. The van der Waals surface area contributed by atoms with Crippen molar-refractivity contribution in [3.63, 3.8) is 0 Å². The minimum absolute atomic E-state index is 0.00301. The fraction of sp³-hybridized carbons (Fsp3) is 0.267. The molecule has 7 nitrogen and oxygen atoms in total. The van der Waals surface area contributed by atoms with Gasteiger partial charge in [-0.25, -0.2) is 12.8 Å². The maximum atomic E-state index is 15.0. The molecular formula is C30H26F4N2O5S. The first-order valence-electron chi connectivity index (χ1n) is 13.0. The number of rotatable bonds is 7. The molecule has 1 fully saturated rings. The SMILES string of the molecule is COc1cc(F)c(-c2ccc(C)cc2)cc1C(=O)N[C@H]1[C@@H](C(=O)Nc2cccc(S(=O)(=O)C(F)(F)F)c2)[C@@H]2C=C[C@H]1C2. The van der Waals surface area contributed by atoms with E-state index >= 15 is 0 Å². The largest absolute Gasteiger partial charge is 0.501 e. The summed E-state index contributed by atoms with van der Waals surface area (Å²) < 4.78 is 83.0. The summed E-state index contributed by atoms with van der Waals surface area (Å²) in [5, 5.41) is 5.39. The molecule has 0 unspecified atom stereocenters. The predicted molar refractivity (Wildman–Crippen MR) is 147 cm³/mol. The molecule has 4 atom stereocenters. The van der Waals surface area contributed by atoms with Crippen LogP contribution in [0.3, 0.4) is 0 Å². The maximum absolute atomic E-state index is 15.0. The van der Waals surface area contributed by atoms with Crippen molar-refractivity contribution < 1.29 is 40.3 Å². The third-order valence-electron chi connectivity index (χ3n) is 7.67. The molecule has 0 radical (unpaired) electrons. The number of carbonyl (C=O) groups excluding carboxylic acids is 2. The Hall–Kier alpha value is -4.19. The number of sulfone groups is 1. The van der Waals surface area contributed by atoms with Gasteiger partial charge >= 0.3 is 5.51 Å². The predicted octanol–water partition coefficient (Wildman–Crippen LogP) is 5.66. The Labute approximate surface area is 239 Å². The summed E-state index contributed by atoms with van der Waals surface area (Å²) in [6.07, 6.45) is 4.28. The zero-order chi connectivity index (χ0) is 30.4. The van der Waals surface area contributed by atoms with Crippen molar-refractivity contribution in [2.75, 3.05) is 12.4 Å². The highest BCUT2D eigenvalue weighted by atomic mass is 32.2. The van der Waals surface area contributed by atoms with Gasteiger partial charge in [0.05, 0.1) is 23.5 Å². The normalized spacial score (nSPS) is 21.3. The van der Waals surface area contributed by atoms with Crippen molar-refractivity contribution in [3.05, 3.63) is 89.8 Å². The first-order valence-corrected chi connectivity index (χ1v) is 14.4. The highest BCUT2D eigenvalue weighted by Crippen LogP contribution is 2.45. The second-order valence-corrected chi connectivity index (χ2v) is 12.3. The van der Waals surface area contributed by atoms with Crippen LogP contribution in [-0.4, -0.2) is 38.9 Å². The molecule has 0 heterocycles. The van der Waals surface area contributed by atoms with E-state index in [9.17, 15) is 35.6 Å². The molecule has 3 aromatic carbocycles. The van der Waals surface area contributed by atoms with Gasteiger partial charge in [0.25, 0.3) is 15.7 Å². The van der Waals surface area contributed by atoms with Crippen molar-refractivity contribution >= 4 is 27.3 Å². The number of carbonyl (C=O) groups is 2. The molecule has 0 aromatic heterocycles. The lowest BCUT2D eigenvalue weighted by atomic mass is 9.87. The topological polar surface area (TPSA) is 102 Å². The lowest BCUT2D eigenvalue weighted by Gasteiger charge is -2.28. The zero-order valence-corrected chi connectivity index (χ0v) is 23.2. The number of nitrogens with one attached hydrogen (secondary N) is 2. The van der Waals surface area contributed by atoms with Gasteiger partial charge in [-0.15, -0.1) is 0 Å². The molecule has 220 valence electrons. The van der Waals surface area contributed by atoms with E-state index in [4.69, 9.17) is 4.74 Å². The highest BCUT2D eigenvalue weighted by Gasteiger charge is 2.49. The molecule has 12 heteroatoms. The van der Waals surface area contributed by atoms with Gasteiger partial charge in [0, 0.05) is 23.4 Å². The first kappa shape index (κ1) is 29.3. The third-order valence-corrected chi connectivity index (χ3v) is 9.16. The van der Waals surface area contributed by atoms with Gasteiger partial charge in [-0.2, -0.15) is 13.2 Å². The van der Waals surface area contributed by atoms with E-state index in [-0.39, 0.29) is 34.4 Å². The highest BCUT2D eigenvalue weighted by molar-refractivity contribution is 7.92. The summed E-state index contributed by atoms with van der Waals surface area (Å²) >= 11 is 0. The average molecular weight is 603 g/mol. The number of halogens is 4. The number of alkyl halides is 3. The maximum Gasteiger partial charge on any atom is 0.501 e. The molecule has 5 rings (SSSR count). The molecule has 0 aliphatic heterocycles. The van der Waals surface area contributed by atoms with Crippen molar-refractivity contribution in [3.8, 4) is 16.9 Å². The third kappa shape index (κ3) is 5.38. The molecule has 2 aliphatic carbocycles. The Morgan fingerprint density at radius 3 is 2.33 bits per heavy atom. The molecule has 2 N–H and O–H groups in total. The van der Waals surface area contributed by atoms with Gasteiger partial charge in [0.15, 0.2) is 0 Å². The minimum Gasteiger partial charge on any atom is -0.496 e. The Morgan fingerprint density at radius 1 is 0.976 bits per heavy atom. The first-order chi connectivity index (χ1) is 19.8. The summed E-state index contributed by atoms with van der Waals surface area (Å²) in [6, 6.07) is 12.8. The van der Waals surface area contributed by atoms with E-state index in [0.717, 1.165) is 29.8 Å². The van der Waals surface area contributed by atoms with Crippen LogP contribution in [0.2, 0.25) is 0 Å². The number of hydrogen-bond donors (Lipinski definition) is 2. The van der Waals surface area contributed by atoms with Crippen molar-refractivity contribution in [1.29, 1.82) is 0 Å². The summed E-state index contributed by atoms with van der Waals surface area (Å²) in [4.78, 5) is 25.9. The number of hydrogen-bond acceptors (Lipinski definition) is 5. The van der Waals surface area contributed by atoms with Crippen LogP contribution in [0, 0.1) is 30.5 Å². The quantitative estimate of drug-likeness (QED) is 0.269. The zero-order valence-electron chi connectivity index (χ0n) is 22.4. The molecule has 2 amide bonds. The summed E-state index contributed by atoms with van der Waals surface area (Å²) in [5.41, 5.74) is -3.84. The molecule has 1 saturated carbocycles. The minimum atomic E-state index is -5.61. The molecule has 42 heavy (non-hydrogen) atoms. The number of anilines is 1. The van der Waals surface area contributed by atoms with Gasteiger partial charge in [0.1, 0.15) is 11.6 Å². The van der Waals surface area contributed by atoms with E-state index in [1.807, 2.05) is 31.2 Å². The van der Waals surface area contributed by atoms with Crippen LogP contribution < -0.4 is 15.4 Å². The second kappa shape index (κ2) is 10.9. The van der Waals surface area contributed by atoms with Crippen LogP contribution in [0.4, 0.5) is 23.2 Å². The van der Waals surface area contributed by atoms with Crippen molar-refractivity contribution in [2.45, 2.75) is 29.8 Å². The van der Waals surface area contributed by atoms with Crippen molar-refractivity contribution in [1.82, 2.24) is 5.32 Å². The Bertz CT molecular complexity index is 1690. The van der Waals surface area contributed by atoms with E-state index in [2.05, 4.69) is 10.6 Å². The molecule has 0 saturated heterocycles. The van der Waals surface area contributed by atoms with Crippen LogP contribution in [0.5, 0.6) is 5.75 Å². The summed E-state index contributed by atoms with van der Waals surface area (Å²) in [7, 11) is -4.31. The van der Waals surface area contributed by atoms with Gasteiger partial charge in [-0.05, 0) is 55.0 Å². The van der Waals surface area contributed by atoms with Gasteiger partial charge < -0.3 is 15.4 Å². The molecule has 3 aromatic rings. The number of benzene rings is 3. The molecule has 2 bridgehead atoms. The molecule has 2 aliphatic rings. The summed E-state index contributed by atoms with van der Waals surface area (Å²) in [5.74, 6) is -3.03. The number of methoxy groups -OCH3 is 1. The van der Waals surface area contributed by atoms with Crippen LogP contribution >= 0.6 is 0 Å². The lowest BCUT2D eigenvalue weighted by Crippen LogP contribution is -2.47. The van der Waals surface area contributed by atoms with E-state index in [1.54, 1.807) is 12.1 Å². The van der Waals surface area contributed by atoms with Crippen LogP contribution in [0.25, 0.3) is 11.1 Å². The Kier molecular flexibility index (Phi) is 7.61. The average Bonchev–Trinajstić information content (AvgIpc) is 3.55. The molecule has 0 spiro atoms. The van der Waals surface area contributed by atoms with E-state index in [1.165, 1.54) is 19.2 Å². The van der Waals surface area contributed by atoms with Crippen LogP contribution in [-0.2, 0) is 14.6 Å². The van der Waals surface area contributed by atoms with Crippen molar-refractivity contribution in [2.24, 2.45) is 17.8 Å². The number of ether oxygens (including phenoxy) is 1. The number of amides is 2. The van der Waals surface area contributed by atoms with Crippen LogP contribution in [0.15, 0.2) is 77.7 Å². The van der Waals surface area contributed by atoms with Gasteiger partial charge in [0.2, 0.25) is 5.91 Å². The smallest absolute Gasteiger partial charge is 0.496 e. The van der Waals surface area contributed by atoms with E-state index in [0.29, 0.717) is 12.0 Å². The Balaban J connectivity index is 1.40. The fourth-order valence-corrected chi connectivity index (χ4v) is 6.37. The van der Waals surface area contributed by atoms with Crippen LogP contribution in [0.1, 0.15) is 22.3 Å². The monoisotopic (exact) mass is 602 g/mol. The standard InChI is InChI=1S/C30H26F4N2O5S/c1-16-6-8-17(9-7-16)22-14-23(25(41-2)15-24(22)31)28(37)36-27-19-11-10-18(12-19)26(27)29(38)35-20-4-3-5-21(13-20)42(39,40)30(32,33)34/h3-11,13-15,18-19,26-27H,12H2,1-2H3,(H,35,38)(H,36,37)/t18-,19+,26+,27-/m1/s1.